The highest BCUT2D eigenvalue weighted by atomic mass is 16.3. The van der Waals surface area contributed by atoms with Gasteiger partial charge in [-0.05, 0) is 68.1 Å². The van der Waals surface area contributed by atoms with Crippen LogP contribution in [0, 0.1) is 0 Å². The summed E-state index contributed by atoms with van der Waals surface area (Å²) < 4.78 is 6.26. The Bertz CT molecular complexity index is 1400. The fourth-order valence-electron chi connectivity index (χ4n) is 4.70. The first-order valence-corrected chi connectivity index (χ1v) is 11.7. The van der Waals surface area contributed by atoms with Crippen molar-refractivity contribution < 1.29 is 4.42 Å². The van der Waals surface area contributed by atoms with Crippen LogP contribution in [0.3, 0.4) is 0 Å². The zero-order valence-corrected chi connectivity index (χ0v) is 20.1. The maximum atomic E-state index is 6.26. The van der Waals surface area contributed by atoms with E-state index in [0.717, 1.165) is 33.1 Å². The van der Waals surface area contributed by atoms with Gasteiger partial charge < -0.3 is 9.32 Å². The molecule has 0 N–H and O–H groups in total. The van der Waals surface area contributed by atoms with Crippen LogP contribution in [0.5, 0.6) is 0 Å². The second kappa shape index (κ2) is 8.12. The molecular weight excluding hydrogens is 402 g/mol. The van der Waals surface area contributed by atoms with Crippen LogP contribution in [0.25, 0.3) is 33.1 Å². The molecule has 1 heterocycles. The first kappa shape index (κ1) is 21.3. The molecule has 0 atom stereocenters. The summed E-state index contributed by atoms with van der Waals surface area (Å²) in [6.07, 6.45) is 0. The van der Waals surface area contributed by atoms with E-state index in [-0.39, 0.29) is 5.54 Å². The molecule has 0 amide bonds. The molecule has 4 aromatic carbocycles. The molecule has 33 heavy (non-hydrogen) atoms. The lowest BCUT2D eigenvalue weighted by molar-refractivity contribution is 0.560. The van der Waals surface area contributed by atoms with Crippen molar-refractivity contribution in [2.75, 3.05) is 4.90 Å². The molecular formula is C31H31NO. The molecule has 0 fully saturated rings. The van der Waals surface area contributed by atoms with Gasteiger partial charge in [0.1, 0.15) is 11.2 Å². The van der Waals surface area contributed by atoms with Gasteiger partial charge in [0.05, 0.1) is 0 Å². The number of hydrogen-bond donors (Lipinski definition) is 0. The molecule has 5 aromatic rings. The Morgan fingerprint density at radius 1 is 0.667 bits per heavy atom. The van der Waals surface area contributed by atoms with Crippen LogP contribution < -0.4 is 4.90 Å². The highest BCUT2D eigenvalue weighted by Gasteiger charge is 2.24. The summed E-state index contributed by atoms with van der Waals surface area (Å²) in [7, 11) is 0. The quantitative estimate of drug-likeness (QED) is 0.281. The molecule has 166 valence electrons. The van der Waals surface area contributed by atoms with Crippen LogP contribution in [0.2, 0.25) is 0 Å². The van der Waals surface area contributed by atoms with Crippen LogP contribution >= 0.6 is 0 Å². The number of anilines is 2. The van der Waals surface area contributed by atoms with Crippen molar-refractivity contribution in [2.45, 2.75) is 46.1 Å². The van der Waals surface area contributed by atoms with Gasteiger partial charge in [0.25, 0.3) is 0 Å². The van der Waals surface area contributed by atoms with Crippen molar-refractivity contribution in [3.8, 4) is 11.1 Å². The number of furan rings is 1. The van der Waals surface area contributed by atoms with Crippen molar-refractivity contribution in [3.63, 3.8) is 0 Å². The fourth-order valence-corrected chi connectivity index (χ4v) is 4.70. The third-order valence-corrected chi connectivity index (χ3v) is 6.33. The summed E-state index contributed by atoms with van der Waals surface area (Å²) in [6, 6.07) is 32.5. The van der Waals surface area contributed by atoms with Crippen molar-refractivity contribution in [1.82, 2.24) is 0 Å². The first-order chi connectivity index (χ1) is 15.8. The molecule has 0 unspecified atom stereocenters. The van der Waals surface area contributed by atoms with E-state index in [2.05, 4.69) is 118 Å². The van der Waals surface area contributed by atoms with Gasteiger partial charge in [-0.15, -0.1) is 0 Å². The summed E-state index contributed by atoms with van der Waals surface area (Å²) in [5.74, 6) is 0.530. The molecule has 2 heteroatoms. The number of fused-ring (bicyclic) bond motifs is 3. The van der Waals surface area contributed by atoms with Gasteiger partial charge in [-0.25, -0.2) is 0 Å². The smallest absolute Gasteiger partial charge is 0.143 e. The SMILES string of the molecule is CC(C)c1ccc(N(c2ccc(-c3cccc4c3oc3ccccc34)cc2)C(C)(C)C)cc1. The third kappa shape index (κ3) is 3.91. The lowest BCUT2D eigenvalue weighted by atomic mass is 9.98. The molecule has 2 nitrogen and oxygen atoms in total. The van der Waals surface area contributed by atoms with Crippen LogP contribution in [0.4, 0.5) is 11.4 Å². The lowest BCUT2D eigenvalue weighted by Crippen LogP contribution is -2.37. The standard InChI is InChI=1S/C31H31NO/c1-21(2)22-13-17-24(18-14-22)32(31(3,4)5)25-19-15-23(16-20-25)26-10-8-11-28-27-9-6-7-12-29(27)33-30(26)28/h6-21H,1-5H3. The average molecular weight is 434 g/mol. The Balaban J connectivity index is 1.55. The number of benzene rings is 4. The van der Waals surface area contributed by atoms with Gasteiger partial charge in [-0.3, -0.25) is 0 Å². The van der Waals surface area contributed by atoms with Crippen molar-refractivity contribution in [1.29, 1.82) is 0 Å². The number of hydrogen-bond acceptors (Lipinski definition) is 2. The normalized spacial score (nSPS) is 12.1. The molecule has 0 saturated carbocycles. The number of nitrogens with zero attached hydrogens (tertiary/aromatic N) is 1. The first-order valence-electron chi connectivity index (χ1n) is 11.7. The molecule has 0 saturated heterocycles. The van der Waals surface area contributed by atoms with E-state index in [4.69, 9.17) is 4.42 Å². The Labute approximate surface area is 196 Å². The molecule has 5 rings (SSSR count). The molecule has 0 aliphatic carbocycles. The van der Waals surface area contributed by atoms with Crippen LogP contribution in [0.1, 0.15) is 46.1 Å². The second-order valence-electron chi connectivity index (χ2n) is 10.1. The van der Waals surface area contributed by atoms with Crippen LogP contribution in [0.15, 0.2) is 95.4 Å². The summed E-state index contributed by atoms with van der Waals surface area (Å²) in [5, 5.41) is 2.32. The third-order valence-electron chi connectivity index (χ3n) is 6.33. The summed E-state index contributed by atoms with van der Waals surface area (Å²) >= 11 is 0. The summed E-state index contributed by atoms with van der Waals surface area (Å²) in [6.45, 7) is 11.2. The minimum atomic E-state index is -0.0559. The molecule has 1 aromatic heterocycles. The van der Waals surface area contributed by atoms with Gasteiger partial charge in [0.2, 0.25) is 0 Å². The van der Waals surface area contributed by atoms with E-state index < -0.39 is 0 Å². The zero-order valence-electron chi connectivity index (χ0n) is 20.1. The van der Waals surface area contributed by atoms with E-state index in [1.807, 2.05) is 12.1 Å². The number of para-hydroxylation sites is 2. The summed E-state index contributed by atoms with van der Waals surface area (Å²) in [4.78, 5) is 2.41. The summed E-state index contributed by atoms with van der Waals surface area (Å²) in [5.41, 5.74) is 7.86. The minimum absolute atomic E-state index is 0.0559. The monoisotopic (exact) mass is 433 g/mol. The fraction of sp³-hybridized carbons (Fsp3) is 0.226. The molecule has 0 radical (unpaired) electrons. The topological polar surface area (TPSA) is 16.4 Å². The van der Waals surface area contributed by atoms with E-state index >= 15 is 0 Å². The van der Waals surface area contributed by atoms with E-state index in [1.54, 1.807) is 0 Å². The molecule has 0 aliphatic heterocycles. The van der Waals surface area contributed by atoms with Crippen molar-refractivity contribution >= 4 is 33.3 Å². The number of rotatable bonds is 4. The van der Waals surface area contributed by atoms with E-state index in [9.17, 15) is 0 Å². The lowest BCUT2D eigenvalue weighted by Gasteiger charge is -2.38. The van der Waals surface area contributed by atoms with E-state index in [0.29, 0.717) is 5.92 Å². The van der Waals surface area contributed by atoms with Crippen LogP contribution in [-0.2, 0) is 0 Å². The highest BCUT2D eigenvalue weighted by molar-refractivity contribution is 6.09. The highest BCUT2D eigenvalue weighted by Crippen LogP contribution is 2.38. The van der Waals surface area contributed by atoms with Gasteiger partial charge in [0.15, 0.2) is 0 Å². The van der Waals surface area contributed by atoms with Crippen molar-refractivity contribution in [2.24, 2.45) is 0 Å². The average Bonchev–Trinajstić information content (AvgIpc) is 3.18. The molecule has 0 aliphatic rings. The Morgan fingerprint density at radius 2 is 1.27 bits per heavy atom. The predicted octanol–water partition coefficient (Wildman–Crippen LogP) is 9.31. The van der Waals surface area contributed by atoms with E-state index in [1.165, 1.54) is 16.9 Å². The minimum Gasteiger partial charge on any atom is -0.455 e. The van der Waals surface area contributed by atoms with Gasteiger partial charge >= 0.3 is 0 Å². The second-order valence-corrected chi connectivity index (χ2v) is 10.1. The van der Waals surface area contributed by atoms with Crippen LogP contribution in [-0.4, -0.2) is 5.54 Å². The molecule has 0 spiro atoms. The van der Waals surface area contributed by atoms with Crippen molar-refractivity contribution in [3.05, 3.63) is 96.6 Å². The Morgan fingerprint density at radius 3 is 1.91 bits per heavy atom. The largest absolute Gasteiger partial charge is 0.455 e. The van der Waals surface area contributed by atoms with Gasteiger partial charge in [-0.2, -0.15) is 0 Å². The predicted molar refractivity (Wildman–Crippen MR) is 142 cm³/mol. The van der Waals surface area contributed by atoms with Gasteiger partial charge in [0, 0.05) is 33.2 Å². The van der Waals surface area contributed by atoms with Gasteiger partial charge in [-0.1, -0.05) is 74.5 Å². The maximum absolute atomic E-state index is 6.26. The Hall–Kier alpha value is -3.52. The Kier molecular flexibility index (Phi) is 5.25. The maximum Gasteiger partial charge on any atom is 0.143 e. The molecule has 0 bridgehead atoms. The zero-order chi connectivity index (χ0) is 23.2.